The van der Waals surface area contributed by atoms with Gasteiger partial charge in [0.1, 0.15) is 0 Å². The number of rotatable bonds is 6. The van der Waals surface area contributed by atoms with Crippen LogP contribution < -0.4 is 21.3 Å². The van der Waals surface area contributed by atoms with Crippen LogP contribution in [0.2, 0.25) is 5.02 Å². The fraction of sp³-hybridized carbons (Fsp3) is 0.278. The Labute approximate surface area is 178 Å². The van der Waals surface area contributed by atoms with Gasteiger partial charge in [-0.25, -0.2) is 19.4 Å². The van der Waals surface area contributed by atoms with Crippen molar-refractivity contribution in [3.05, 3.63) is 64.0 Å². The van der Waals surface area contributed by atoms with Gasteiger partial charge in [-0.1, -0.05) is 17.7 Å². The second-order valence-corrected chi connectivity index (χ2v) is 6.85. The summed E-state index contributed by atoms with van der Waals surface area (Å²) >= 11 is 5.82. The van der Waals surface area contributed by atoms with Gasteiger partial charge in [0.2, 0.25) is 5.95 Å². The van der Waals surface area contributed by atoms with Crippen LogP contribution in [0, 0.1) is 5.82 Å². The molecule has 0 unspecified atom stereocenters. The predicted octanol–water partition coefficient (Wildman–Crippen LogP) is 2.53. The molecule has 2 aromatic rings. The number of aliphatic hydroxyl groups excluding tert-OH is 1. The maximum Gasteiger partial charge on any atom is 0.417 e. The Balaban J connectivity index is 1.85. The van der Waals surface area contributed by atoms with Gasteiger partial charge in [0.05, 0.1) is 46.0 Å². The summed E-state index contributed by atoms with van der Waals surface area (Å²) in [5.41, 5.74) is 4.93. The van der Waals surface area contributed by atoms with E-state index in [-0.39, 0.29) is 24.5 Å². The van der Waals surface area contributed by atoms with Crippen LogP contribution in [0.5, 0.6) is 0 Å². The van der Waals surface area contributed by atoms with Gasteiger partial charge in [-0.05, 0) is 19.1 Å². The van der Waals surface area contributed by atoms with Gasteiger partial charge in [0.25, 0.3) is 5.91 Å². The van der Waals surface area contributed by atoms with Crippen molar-refractivity contribution in [2.45, 2.75) is 25.6 Å². The maximum absolute atomic E-state index is 13.1. The van der Waals surface area contributed by atoms with Crippen LogP contribution in [-0.2, 0) is 6.18 Å². The molecule has 1 aromatic carbocycles. The van der Waals surface area contributed by atoms with Crippen molar-refractivity contribution in [1.29, 1.82) is 0 Å². The summed E-state index contributed by atoms with van der Waals surface area (Å²) in [6, 6.07) is 2.32. The topological polar surface area (TPSA) is 102 Å². The normalized spacial score (nSPS) is 15.1. The van der Waals surface area contributed by atoms with E-state index in [2.05, 4.69) is 26.2 Å². The molecule has 0 radical (unpaired) electrons. The number of aromatic nitrogens is 2. The highest BCUT2D eigenvalue weighted by molar-refractivity contribution is 6.34. The molecule has 0 bridgehead atoms. The number of aliphatic hydroxyl groups is 1. The molecule has 0 fully saturated rings. The molecular formula is C18H17ClF4N6O2. The van der Waals surface area contributed by atoms with Crippen LogP contribution in [0.15, 0.2) is 42.0 Å². The summed E-state index contributed by atoms with van der Waals surface area (Å²) in [5, 5.41) is 12.6. The Morgan fingerprint density at radius 2 is 2.00 bits per heavy atom. The van der Waals surface area contributed by atoms with Crippen LogP contribution in [0.1, 0.15) is 29.3 Å². The van der Waals surface area contributed by atoms with Crippen molar-refractivity contribution in [2.75, 3.05) is 11.6 Å². The number of halogens is 5. The zero-order valence-corrected chi connectivity index (χ0v) is 16.7. The number of carbonyl (C=O) groups excluding carboxylic acids is 1. The molecule has 1 aliphatic rings. The van der Waals surface area contributed by atoms with E-state index in [9.17, 15) is 27.5 Å². The third-order valence-electron chi connectivity index (χ3n) is 4.37. The fourth-order valence-corrected chi connectivity index (χ4v) is 3.27. The number of amides is 1. The monoisotopic (exact) mass is 460 g/mol. The molecule has 13 heteroatoms. The highest BCUT2D eigenvalue weighted by atomic mass is 35.5. The molecule has 0 aliphatic carbocycles. The number of hydrazine groups is 2. The summed E-state index contributed by atoms with van der Waals surface area (Å²) in [6.07, 6.45) is -2.68. The molecule has 0 saturated heterocycles. The van der Waals surface area contributed by atoms with E-state index < -0.39 is 34.5 Å². The molecule has 166 valence electrons. The van der Waals surface area contributed by atoms with Crippen molar-refractivity contribution >= 4 is 23.5 Å². The average molecular weight is 461 g/mol. The van der Waals surface area contributed by atoms with Gasteiger partial charge in [0.15, 0.2) is 5.82 Å². The van der Waals surface area contributed by atoms with Crippen molar-refractivity contribution in [1.82, 2.24) is 26.2 Å². The predicted molar refractivity (Wildman–Crippen MR) is 103 cm³/mol. The molecule has 4 N–H and O–H groups in total. The summed E-state index contributed by atoms with van der Waals surface area (Å²) < 4.78 is 52.3. The Kier molecular flexibility index (Phi) is 6.62. The van der Waals surface area contributed by atoms with E-state index in [4.69, 9.17) is 11.6 Å². The first-order valence-electron chi connectivity index (χ1n) is 8.93. The van der Waals surface area contributed by atoms with E-state index in [1.165, 1.54) is 11.1 Å². The molecular weight excluding hydrogens is 444 g/mol. The summed E-state index contributed by atoms with van der Waals surface area (Å²) in [5.74, 6) is -1.38. The molecule has 2 heterocycles. The van der Waals surface area contributed by atoms with Gasteiger partial charge in [-0.2, -0.15) is 13.2 Å². The fourth-order valence-electron chi connectivity index (χ4n) is 2.95. The lowest BCUT2D eigenvalue weighted by Gasteiger charge is -2.19. The SMILES string of the molecule is C[C@@H](NC(=O)c1cccc(C(F)(F)F)c1Cl)C1=C(CCO)N(c2ncc(F)cn2)NN1. The Bertz CT molecular complexity index is 1000. The van der Waals surface area contributed by atoms with E-state index in [1.807, 2.05) is 0 Å². The summed E-state index contributed by atoms with van der Waals surface area (Å²) in [6.45, 7) is 1.32. The molecule has 1 aromatic heterocycles. The van der Waals surface area contributed by atoms with Crippen LogP contribution in [0.25, 0.3) is 0 Å². The van der Waals surface area contributed by atoms with Crippen LogP contribution in [0.4, 0.5) is 23.5 Å². The molecule has 1 aliphatic heterocycles. The lowest BCUT2D eigenvalue weighted by atomic mass is 10.1. The number of carbonyl (C=O) groups is 1. The Morgan fingerprint density at radius 3 is 2.61 bits per heavy atom. The first-order valence-corrected chi connectivity index (χ1v) is 9.31. The Hall–Kier alpha value is -2.96. The highest BCUT2D eigenvalue weighted by Crippen LogP contribution is 2.36. The van der Waals surface area contributed by atoms with Crippen LogP contribution in [0.3, 0.4) is 0 Å². The highest BCUT2D eigenvalue weighted by Gasteiger charge is 2.35. The molecule has 0 spiro atoms. The minimum Gasteiger partial charge on any atom is -0.396 e. The minimum absolute atomic E-state index is 0.0757. The number of nitrogens with one attached hydrogen (secondary N) is 3. The molecule has 1 atom stereocenters. The maximum atomic E-state index is 13.1. The molecule has 1 amide bonds. The van der Waals surface area contributed by atoms with Crippen molar-refractivity contribution in [2.24, 2.45) is 0 Å². The first kappa shape index (κ1) is 22.7. The molecule has 3 rings (SSSR count). The van der Waals surface area contributed by atoms with Gasteiger partial charge in [0, 0.05) is 13.0 Å². The zero-order chi connectivity index (χ0) is 22.8. The molecule has 0 saturated carbocycles. The number of hydrogen-bond acceptors (Lipinski definition) is 7. The second-order valence-electron chi connectivity index (χ2n) is 6.47. The number of benzene rings is 1. The van der Waals surface area contributed by atoms with Crippen LogP contribution in [-0.4, -0.2) is 33.6 Å². The van der Waals surface area contributed by atoms with E-state index >= 15 is 0 Å². The summed E-state index contributed by atoms with van der Waals surface area (Å²) in [7, 11) is 0. The van der Waals surface area contributed by atoms with E-state index in [0.717, 1.165) is 24.5 Å². The van der Waals surface area contributed by atoms with E-state index in [0.29, 0.717) is 11.4 Å². The van der Waals surface area contributed by atoms with Gasteiger partial charge >= 0.3 is 6.18 Å². The van der Waals surface area contributed by atoms with Gasteiger partial charge in [-0.3, -0.25) is 4.79 Å². The largest absolute Gasteiger partial charge is 0.417 e. The molecule has 31 heavy (non-hydrogen) atoms. The van der Waals surface area contributed by atoms with Gasteiger partial charge < -0.3 is 15.8 Å². The number of hydrogen-bond donors (Lipinski definition) is 4. The van der Waals surface area contributed by atoms with Crippen LogP contribution >= 0.6 is 11.6 Å². The van der Waals surface area contributed by atoms with Crippen molar-refractivity contribution in [3.63, 3.8) is 0 Å². The third-order valence-corrected chi connectivity index (χ3v) is 4.78. The molecule has 8 nitrogen and oxygen atoms in total. The second kappa shape index (κ2) is 9.04. The number of alkyl halides is 3. The average Bonchev–Trinajstić information content (AvgIpc) is 3.12. The van der Waals surface area contributed by atoms with E-state index in [1.54, 1.807) is 6.92 Å². The number of anilines is 1. The Morgan fingerprint density at radius 1 is 1.32 bits per heavy atom. The van der Waals surface area contributed by atoms with Crippen molar-refractivity contribution < 1.29 is 27.5 Å². The minimum atomic E-state index is -4.71. The lowest BCUT2D eigenvalue weighted by Crippen LogP contribution is -2.42. The zero-order valence-electron chi connectivity index (χ0n) is 16.0. The third kappa shape index (κ3) is 4.86. The van der Waals surface area contributed by atoms with Crippen molar-refractivity contribution in [3.8, 4) is 0 Å². The van der Waals surface area contributed by atoms with Gasteiger partial charge in [-0.15, -0.1) is 5.53 Å². The standard InChI is InChI=1S/C18H17ClF4N6O2/c1-9(26-16(31)11-3-2-4-12(14(11)19)18(21,22)23)15-13(5-6-30)29(28-27-15)17-24-7-10(20)8-25-17/h2-4,7-9,27-28,30H,5-6H2,1H3,(H,26,31)/t9-/m1/s1. The smallest absolute Gasteiger partial charge is 0.396 e. The quantitative estimate of drug-likeness (QED) is 0.491. The number of nitrogens with zero attached hydrogens (tertiary/aromatic N) is 3. The summed E-state index contributed by atoms with van der Waals surface area (Å²) in [4.78, 5) is 20.3. The first-order chi connectivity index (χ1) is 14.6. The lowest BCUT2D eigenvalue weighted by molar-refractivity contribution is -0.137.